The molecular formula is C10H19N3O2. The first kappa shape index (κ1) is 12.0. The lowest BCUT2D eigenvalue weighted by atomic mass is 9.88. The van der Waals surface area contributed by atoms with Crippen LogP contribution < -0.4 is 16.0 Å². The summed E-state index contributed by atoms with van der Waals surface area (Å²) in [5.74, 6) is 0.167. The van der Waals surface area contributed by atoms with Crippen LogP contribution in [-0.2, 0) is 9.59 Å². The topological polar surface area (TPSA) is 70.2 Å². The average Bonchev–Trinajstić information content (AvgIpc) is 2.13. The summed E-state index contributed by atoms with van der Waals surface area (Å²) in [6.45, 7) is 5.37. The van der Waals surface area contributed by atoms with E-state index in [1.54, 1.807) is 14.0 Å². The third kappa shape index (κ3) is 2.92. The van der Waals surface area contributed by atoms with E-state index in [0.29, 0.717) is 5.92 Å². The Morgan fingerprint density at radius 2 is 1.87 bits per heavy atom. The second kappa shape index (κ2) is 5.11. The molecule has 0 saturated carbocycles. The Labute approximate surface area is 90.0 Å². The van der Waals surface area contributed by atoms with E-state index in [0.717, 1.165) is 13.1 Å². The predicted octanol–water partition coefficient (Wildman–Crippen LogP) is -0.907. The summed E-state index contributed by atoms with van der Waals surface area (Å²) in [7, 11) is 1.56. The highest BCUT2D eigenvalue weighted by Crippen LogP contribution is 2.15. The summed E-state index contributed by atoms with van der Waals surface area (Å²) in [4.78, 5) is 22.9. The van der Waals surface area contributed by atoms with Gasteiger partial charge in [-0.3, -0.25) is 9.59 Å². The van der Waals surface area contributed by atoms with Gasteiger partial charge in [-0.1, -0.05) is 6.92 Å². The fourth-order valence-electron chi connectivity index (χ4n) is 1.51. The predicted molar refractivity (Wildman–Crippen MR) is 57.2 cm³/mol. The normalized spacial score (nSPS) is 19.9. The van der Waals surface area contributed by atoms with Crippen LogP contribution in [0.2, 0.25) is 0 Å². The molecule has 5 heteroatoms. The summed E-state index contributed by atoms with van der Waals surface area (Å²) in [6.07, 6.45) is 0. The molecule has 1 aliphatic heterocycles. The van der Waals surface area contributed by atoms with Crippen molar-refractivity contribution in [2.75, 3.05) is 20.1 Å². The fraction of sp³-hybridized carbons (Fsp3) is 0.800. The Hall–Kier alpha value is -1.10. The van der Waals surface area contributed by atoms with E-state index < -0.39 is 6.04 Å². The maximum atomic E-state index is 11.7. The van der Waals surface area contributed by atoms with Gasteiger partial charge in [0, 0.05) is 13.0 Å². The molecule has 0 radical (unpaired) electrons. The smallest absolute Gasteiger partial charge is 0.242 e. The Balaban J connectivity index is 2.36. The molecule has 5 nitrogen and oxygen atoms in total. The highest BCUT2D eigenvalue weighted by Gasteiger charge is 2.29. The Morgan fingerprint density at radius 3 is 2.27 bits per heavy atom. The molecule has 0 aromatic carbocycles. The van der Waals surface area contributed by atoms with E-state index in [-0.39, 0.29) is 17.7 Å². The van der Waals surface area contributed by atoms with Crippen LogP contribution in [0.15, 0.2) is 0 Å². The van der Waals surface area contributed by atoms with Crippen molar-refractivity contribution in [2.24, 2.45) is 11.8 Å². The summed E-state index contributed by atoms with van der Waals surface area (Å²) in [5.41, 5.74) is 0. The van der Waals surface area contributed by atoms with Crippen molar-refractivity contribution in [1.29, 1.82) is 0 Å². The molecule has 15 heavy (non-hydrogen) atoms. The minimum absolute atomic E-state index is 0.0293. The van der Waals surface area contributed by atoms with Crippen molar-refractivity contribution >= 4 is 11.8 Å². The zero-order valence-corrected chi connectivity index (χ0v) is 9.46. The number of carbonyl (C=O) groups excluding carboxylic acids is 2. The van der Waals surface area contributed by atoms with Crippen molar-refractivity contribution in [3.63, 3.8) is 0 Å². The largest absolute Gasteiger partial charge is 0.357 e. The molecule has 1 aliphatic rings. The maximum absolute atomic E-state index is 11.7. The second-order valence-electron chi connectivity index (χ2n) is 4.05. The van der Waals surface area contributed by atoms with Crippen LogP contribution in [-0.4, -0.2) is 38.0 Å². The first-order chi connectivity index (χ1) is 7.06. The second-order valence-corrected chi connectivity index (χ2v) is 4.05. The molecule has 0 aromatic rings. The molecule has 2 amide bonds. The first-order valence-corrected chi connectivity index (χ1v) is 5.29. The van der Waals surface area contributed by atoms with Gasteiger partial charge in [-0.25, -0.2) is 0 Å². The molecular weight excluding hydrogens is 194 g/mol. The Kier molecular flexibility index (Phi) is 4.08. The molecule has 0 bridgehead atoms. The van der Waals surface area contributed by atoms with Gasteiger partial charge in [-0.15, -0.1) is 0 Å². The van der Waals surface area contributed by atoms with Gasteiger partial charge in [0.05, 0.1) is 0 Å². The van der Waals surface area contributed by atoms with Crippen molar-refractivity contribution < 1.29 is 9.59 Å². The van der Waals surface area contributed by atoms with Crippen LogP contribution in [0.4, 0.5) is 0 Å². The van der Waals surface area contributed by atoms with E-state index in [9.17, 15) is 9.59 Å². The number of hydrogen-bond donors (Lipinski definition) is 3. The SMILES string of the molecule is CNC(=O)C(C)NC(=O)C(C)C1CNC1. The highest BCUT2D eigenvalue weighted by atomic mass is 16.2. The summed E-state index contributed by atoms with van der Waals surface area (Å²) in [6, 6.07) is -0.460. The molecule has 2 unspecified atom stereocenters. The molecule has 2 atom stereocenters. The van der Waals surface area contributed by atoms with Crippen LogP contribution in [0.25, 0.3) is 0 Å². The zero-order valence-electron chi connectivity index (χ0n) is 9.46. The van der Waals surface area contributed by atoms with Crippen LogP contribution >= 0.6 is 0 Å². The minimum Gasteiger partial charge on any atom is -0.357 e. The number of nitrogens with one attached hydrogen (secondary N) is 3. The molecule has 1 fully saturated rings. The maximum Gasteiger partial charge on any atom is 0.242 e. The van der Waals surface area contributed by atoms with Crippen molar-refractivity contribution in [3.05, 3.63) is 0 Å². The lowest BCUT2D eigenvalue weighted by Gasteiger charge is -2.32. The quantitative estimate of drug-likeness (QED) is 0.566. The number of likely N-dealkylation sites (N-methyl/N-ethyl adjacent to an activating group) is 1. The van der Waals surface area contributed by atoms with Crippen LogP contribution in [0.1, 0.15) is 13.8 Å². The van der Waals surface area contributed by atoms with Gasteiger partial charge in [0.2, 0.25) is 11.8 Å². The van der Waals surface area contributed by atoms with Crippen LogP contribution in [0.5, 0.6) is 0 Å². The van der Waals surface area contributed by atoms with Gasteiger partial charge in [-0.2, -0.15) is 0 Å². The van der Waals surface area contributed by atoms with Gasteiger partial charge in [-0.05, 0) is 25.9 Å². The Bertz CT molecular complexity index is 251. The van der Waals surface area contributed by atoms with Crippen molar-refractivity contribution in [1.82, 2.24) is 16.0 Å². The van der Waals surface area contributed by atoms with Crippen LogP contribution in [0.3, 0.4) is 0 Å². The summed E-state index contributed by atoms with van der Waals surface area (Å²) >= 11 is 0. The third-order valence-corrected chi connectivity index (χ3v) is 2.93. The molecule has 0 spiro atoms. The molecule has 1 rings (SSSR count). The molecule has 1 saturated heterocycles. The highest BCUT2D eigenvalue weighted by molar-refractivity contribution is 5.88. The van der Waals surface area contributed by atoms with E-state index in [2.05, 4.69) is 16.0 Å². The summed E-state index contributed by atoms with van der Waals surface area (Å²) < 4.78 is 0. The lowest BCUT2D eigenvalue weighted by molar-refractivity contribution is -0.131. The first-order valence-electron chi connectivity index (χ1n) is 5.29. The average molecular weight is 213 g/mol. The fourth-order valence-corrected chi connectivity index (χ4v) is 1.51. The van der Waals surface area contributed by atoms with Gasteiger partial charge < -0.3 is 16.0 Å². The third-order valence-electron chi connectivity index (χ3n) is 2.93. The summed E-state index contributed by atoms with van der Waals surface area (Å²) in [5, 5.41) is 8.33. The number of carbonyl (C=O) groups is 2. The van der Waals surface area contributed by atoms with Gasteiger partial charge in [0.1, 0.15) is 6.04 Å². The van der Waals surface area contributed by atoms with Crippen LogP contribution in [0, 0.1) is 11.8 Å². The molecule has 0 aromatic heterocycles. The van der Waals surface area contributed by atoms with E-state index in [1.807, 2.05) is 6.92 Å². The molecule has 0 aliphatic carbocycles. The number of rotatable bonds is 4. The number of amides is 2. The molecule has 3 N–H and O–H groups in total. The van der Waals surface area contributed by atoms with Gasteiger partial charge in [0.25, 0.3) is 0 Å². The Morgan fingerprint density at radius 1 is 1.27 bits per heavy atom. The lowest BCUT2D eigenvalue weighted by Crippen LogP contribution is -2.52. The van der Waals surface area contributed by atoms with E-state index in [4.69, 9.17) is 0 Å². The molecule has 1 heterocycles. The van der Waals surface area contributed by atoms with E-state index in [1.165, 1.54) is 0 Å². The van der Waals surface area contributed by atoms with Crippen molar-refractivity contribution in [2.45, 2.75) is 19.9 Å². The minimum atomic E-state index is -0.460. The van der Waals surface area contributed by atoms with Crippen molar-refractivity contribution in [3.8, 4) is 0 Å². The van der Waals surface area contributed by atoms with E-state index >= 15 is 0 Å². The molecule has 86 valence electrons. The monoisotopic (exact) mass is 213 g/mol. The number of hydrogen-bond acceptors (Lipinski definition) is 3. The zero-order chi connectivity index (χ0) is 11.4. The standard InChI is InChI=1S/C10H19N3O2/c1-6(8-4-12-5-8)9(14)13-7(2)10(15)11-3/h6-8,12H,4-5H2,1-3H3,(H,11,15)(H,13,14). The van der Waals surface area contributed by atoms with Gasteiger partial charge >= 0.3 is 0 Å². The van der Waals surface area contributed by atoms with Gasteiger partial charge in [0.15, 0.2) is 0 Å².